The highest BCUT2D eigenvalue weighted by atomic mass is 16.2. The summed E-state index contributed by atoms with van der Waals surface area (Å²) in [5.74, 6) is 0.934. The van der Waals surface area contributed by atoms with Crippen molar-refractivity contribution in [1.82, 2.24) is 14.9 Å². The Labute approximate surface area is 70.6 Å². The number of primary amides is 1. The van der Waals surface area contributed by atoms with E-state index in [1.165, 1.54) is 0 Å². The quantitative estimate of drug-likeness (QED) is 0.646. The number of rotatable bonds is 3. The number of aryl methyl sites for hydroxylation is 1. The minimum atomic E-state index is -0.496. The van der Waals surface area contributed by atoms with E-state index >= 15 is 0 Å². The molecular formula is C7H12N4O. The molecule has 0 saturated carbocycles. The molecule has 0 aromatic carbocycles. The Hall–Kier alpha value is -1.52. The zero-order valence-corrected chi connectivity index (χ0v) is 6.95. The summed E-state index contributed by atoms with van der Waals surface area (Å²) < 4.78 is 1.91. The smallest absolute Gasteiger partial charge is 0.312 e. The zero-order chi connectivity index (χ0) is 8.97. The largest absolute Gasteiger partial charge is 0.352 e. The van der Waals surface area contributed by atoms with E-state index in [1.807, 2.05) is 17.8 Å². The summed E-state index contributed by atoms with van der Waals surface area (Å²) in [5.41, 5.74) is 4.89. The summed E-state index contributed by atoms with van der Waals surface area (Å²) in [4.78, 5) is 14.4. The molecule has 66 valence electrons. The number of carbonyl (C=O) groups excluding carboxylic acids is 1. The molecule has 0 aliphatic carbocycles. The van der Waals surface area contributed by atoms with Crippen LogP contribution in [0.3, 0.4) is 0 Å². The van der Waals surface area contributed by atoms with Gasteiger partial charge in [0.15, 0.2) is 0 Å². The molecule has 1 heterocycles. The van der Waals surface area contributed by atoms with E-state index in [0.29, 0.717) is 13.0 Å². The molecule has 0 spiro atoms. The van der Waals surface area contributed by atoms with Crippen molar-refractivity contribution in [2.45, 2.75) is 6.42 Å². The number of carbonyl (C=O) groups is 1. The zero-order valence-electron chi connectivity index (χ0n) is 6.95. The van der Waals surface area contributed by atoms with Crippen LogP contribution in [-0.2, 0) is 13.5 Å². The topological polar surface area (TPSA) is 72.9 Å². The molecule has 3 N–H and O–H groups in total. The summed E-state index contributed by atoms with van der Waals surface area (Å²) in [7, 11) is 1.91. The highest BCUT2D eigenvalue weighted by Gasteiger charge is 1.98. The number of hydrogen-bond donors (Lipinski definition) is 2. The lowest BCUT2D eigenvalue weighted by Crippen LogP contribution is -2.31. The number of hydrogen-bond acceptors (Lipinski definition) is 2. The molecule has 0 unspecified atom stereocenters. The molecule has 0 atom stereocenters. The highest BCUT2D eigenvalue weighted by molar-refractivity contribution is 5.71. The van der Waals surface area contributed by atoms with Crippen LogP contribution >= 0.6 is 0 Å². The number of urea groups is 1. The van der Waals surface area contributed by atoms with E-state index in [0.717, 1.165) is 5.82 Å². The normalized spacial score (nSPS) is 9.75. The molecule has 0 saturated heterocycles. The fourth-order valence-corrected chi connectivity index (χ4v) is 0.935. The maximum absolute atomic E-state index is 10.3. The summed E-state index contributed by atoms with van der Waals surface area (Å²) in [6, 6.07) is -0.496. The Bertz CT molecular complexity index is 268. The average Bonchev–Trinajstić information content (AvgIpc) is 2.36. The van der Waals surface area contributed by atoms with Gasteiger partial charge in [-0.2, -0.15) is 0 Å². The Morgan fingerprint density at radius 3 is 3.08 bits per heavy atom. The first kappa shape index (κ1) is 8.58. The number of nitrogens with zero attached hydrogens (tertiary/aromatic N) is 2. The van der Waals surface area contributed by atoms with Crippen molar-refractivity contribution < 1.29 is 4.79 Å². The Morgan fingerprint density at radius 2 is 2.58 bits per heavy atom. The number of nitrogens with two attached hydrogens (primary N) is 1. The molecule has 2 amide bonds. The first-order chi connectivity index (χ1) is 5.70. The Balaban J connectivity index is 2.33. The molecule has 12 heavy (non-hydrogen) atoms. The Kier molecular flexibility index (Phi) is 2.68. The molecule has 5 nitrogen and oxygen atoms in total. The van der Waals surface area contributed by atoms with Crippen LogP contribution in [0.2, 0.25) is 0 Å². The van der Waals surface area contributed by atoms with Crippen molar-refractivity contribution in [3.63, 3.8) is 0 Å². The molecular weight excluding hydrogens is 156 g/mol. The van der Waals surface area contributed by atoms with Crippen LogP contribution in [0, 0.1) is 0 Å². The number of nitrogens with one attached hydrogen (secondary N) is 1. The molecule has 0 radical (unpaired) electrons. The van der Waals surface area contributed by atoms with E-state index in [4.69, 9.17) is 5.73 Å². The lowest BCUT2D eigenvalue weighted by atomic mass is 10.4. The van der Waals surface area contributed by atoms with Gasteiger partial charge in [0.1, 0.15) is 5.82 Å². The van der Waals surface area contributed by atoms with Crippen LogP contribution in [0.1, 0.15) is 5.82 Å². The molecule has 1 aromatic rings. The van der Waals surface area contributed by atoms with Gasteiger partial charge in [0.2, 0.25) is 0 Å². The standard InChI is InChI=1S/C7H12N4O/c1-11-5-4-9-6(11)2-3-10-7(8)12/h4-5H,2-3H2,1H3,(H3,8,10,12). The van der Waals surface area contributed by atoms with Gasteiger partial charge in [-0.3, -0.25) is 0 Å². The summed E-state index contributed by atoms with van der Waals surface area (Å²) in [6.07, 6.45) is 4.28. The third-order valence-corrected chi connectivity index (χ3v) is 1.57. The van der Waals surface area contributed by atoms with Gasteiger partial charge in [0, 0.05) is 32.4 Å². The van der Waals surface area contributed by atoms with E-state index in [9.17, 15) is 4.79 Å². The minimum absolute atomic E-state index is 0.496. The molecule has 1 rings (SSSR count). The van der Waals surface area contributed by atoms with Gasteiger partial charge in [0.05, 0.1) is 0 Å². The van der Waals surface area contributed by atoms with E-state index < -0.39 is 6.03 Å². The van der Waals surface area contributed by atoms with Crippen molar-refractivity contribution in [3.05, 3.63) is 18.2 Å². The molecule has 0 bridgehead atoms. The summed E-state index contributed by atoms with van der Waals surface area (Å²) in [6.45, 7) is 0.528. The van der Waals surface area contributed by atoms with Crippen LogP contribution in [0.5, 0.6) is 0 Å². The molecule has 0 aliphatic rings. The fourth-order valence-electron chi connectivity index (χ4n) is 0.935. The summed E-state index contributed by atoms with van der Waals surface area (Å²) >= 11 is 0. The lowest BCUT2D eigenvalue weighted by molar-refractivity contribution is 0.249. The predicted molar refractivity (Wildman–Crippen MR) is 44.5 cm³/mol. The second-order valence-corrected chi connectivity index (χ2v) is 2.50. The summed E-state index contributed by atoms with van der Waals surface area (Å²) in [5, 5.41) is 2.50. The van der Waals surface area contributed by atoms with Gasteiger partial charge in [-0.15, -0.1) is 0 Å². The minimum Gasteiger partial charge on any atom is -0.352 e. The molecule has 0 fully saturated rings. The van der Waals surface area contributed by atoms with Crippen LogP contribution in [-0.4, -0.2) is 22.1 Å². The van der Waals surface area contributed by atoms with Crippen LogP contribution in [0.4, 0.5) is 4.79 Å². The van der Waals surface area contributed by atoms with Gasteiger partial charge >= 0.3 is 6.03 Å². The first-order valence-corrected chi connectivity index (χ1v) is 3.69. The molecule has 1 aromatic heterocycles. The van der Waals surface area contributed by atoms with Crippen molar-refractivity contribution in [3.8, 4) is 0 Å². The van der Waals surface area contributed by atoms with Crippen LogP contribution in [0.25, 0.3) is 0 Å². The maximum atomic E-state index is 10.3. The average molecular weight is 168 g/mol. The number of imidazole rings is 1. The Morgan fingerprint density at radius 1 is 1.83 bits per heavy atom. The van der Waals surface area contributed by atoms with Crippen LogP contribution in [0.15, 0.2) is 12.4 Å². The predicted octanol–water partition coefficient (Wildman–Crippen LogP) is -0.369. The van der Waals surface area contributed by atoms with Gasteiger partial charge in [0.25, 0.3) is 0 Å². The van der Waals surface area contributed by atoms with E-state index in [1.54, 1.807) is 6.20 Å². The maximum Gasteiger partial charge on any atom is 0.312 e. The second-order valence-electron chi connectivity index (χ2n) is 2.50. The second kappa shape index (κ2) is 3.75. The van der Waals surface area contributed by atoms with Gasteiger partial charge < -0.3 is 15.6 Å². The number of amides is 2. The van der Waals surface area contributed by atoms with Crippen LogP contribution < -0.4 is 11.1 Å². The third-order valence-electron chi connectivity index (χ3n) is 1.57. The monoisotopic (exact) mass is 168 g/mol. The fraction of sp³-hybridized carbons (Fsp3) is 0.429. The third kappa shape index (κ3) is 2.26. The van der Waals surface area contributed by atoms with Gasteiger partial charge in [-0.25, -0.2) is 9.78 Å². The highest BCUT2D eigenvalue weighted by Crippen LogP contribution is 1.93. The lowest BCUT2D eigenvalue weighted by Gasteiger charge is -2.01. The van der Waals surface area contributed by atoms with Crippen molar-refractivity contribution in [2.24, 2.45) is 12.8 Å². The SMILES string of the molecule is Cn1ccnc1CCNC(N)=O. The number of aromatic nitrogens is 2. The first-order valence-electron chi connectivity index (χ1n) is 3.69. The molecule has 5 heteroatoms. The van der Waals surface area contributed by atoms with Gasteiger partial charge in [-0.05, 0) is 0 Å². The van der Waals surface area contributed by atoms with Gasteiger partial charge in [-0.1, -0.05) is 0 Å². The van der Waals surface area contributed by atoms with Crippen molar-refractivity contribution in [2.75, 3.05) is 6.54 Å². The van der Waals surface area contributed by atoms with Crippen molar-refractivity contribution >= 4 is 6.03 Å². The van der Waals surface area contributed by atoms with Crippen molar-refractivity contribution in [1.29, 1.82) is 0 Å². The molecule has 0 aliphatic heterocycles. The van der Waals surface area contributed by atoms with E-state index in [2.05, 4.69) is 10.3 Å². The van der Waals surface area contributed by atoms with E-state index in [-0.39, 0.29) is 0 Å².